The number of carboxylic acid groups (broad SMARTS) is 7. The fourth-order valence-corrected chi connectivity index (χ4v) is 10.5. The van der Waals surface area contributed by atoms with Crippen LogP contribution < -0.4 is 0 Å². The molecule has 0 saturated heterocycles. The lowest BCUT2D eigenvalue weighted by Crippen LogP contribution is -2.44. The SMILES string of the molecule is CC(CC(=O)N(CCO)CCO)C(=O)O.CCCCC(CC(=O)N(CCO)CCO)C(=O)O.O=C(O)C1CC=CCC1C(=O)N(CCO)CCO.O=C(O)C1CCCCC1C(=O)N(CCO)CCO.O=C(O)CCC(=O)N(CCO)CCO.O=C(O)CCCC(=O)N(CCO)CCO.O=C(O)COCC(=O)N(CCO)CCO. The molecule has 43 nitrogen and oxygen atoms in total. The second kappa shape index (κ2) is 73.9. The second-order valence-electron chi connectivity index (χ2n) is 24.9. The Morgan fingerprint density at radius 3 is 0.982 bits per heavy atom. The number of carbonyl (C=O) groups excluding carboxylic acids is 7. The molecule has 7 amide bonds. The van der Waals surface area contributed by atoms with Crippen molar-refractivity contribution in [1.82, 2.24) is 34.3 Å². The van der Waals surface area contributed by atoms with E-state index in [-0.39, 0.29) is 271 Å². The zero-order chi connectivity index (χ0) is 87.2. The molecule has 658 valence electrons. The van der Waals surface area contributed by atoms with Gasteiger partial charge in [0.15, 0.2) is 0 Å². The number of aliphatic hydroxyl groups excluding tert-OH is 14. The van der Waals surface area contributed by atoms with Crippen LogP contribution in [0.2, 0.25) is 0 Å². The molecular weight excluding hydrogens is 1510 g/mol. The Labute approximate surface area is 656 Å². The molecule has 2 rings (SSSR count). The van der Waals surface area contributed by atoms with Crippen molar-refractivity contribution in [2.75, 3.05) is 197 Å². The van der Waals surface area contributed by atoms with Crippen LogP contribution in [-0.4, -0.2) is 422 Å². The van der Waals surface area contributed by atoms with Gasteiger partial charge in [0.2, 0.25) is 41.4 Å². The van der Waals surface area contributed by atoms with Gasteiger partial charge in [0.05, 0.1) is 134 Å². The Hall–Kier alpha value is -8.28. The fraction of sp³-hybridized carbons (Fsp3) is 0.771. The van der Waals surface area contributed by atoms with Gasteiger partial charge in [0.25, 0.3) is 0 Å². The molecule has 43 heteroatoms. The highest BCUT2D eigenvalue weighted by Crippen LogP contribution is 2.32. The molecule has 6 unspecified atom stereocenters. The number of rotatable bonds is 52. The van der Waals surface area contributed by atoms with E-state index in [0.717, 1.165) is 25.7 Å². The average molecular weight is 1640 g/mol. The number of amides is 7. The molecule has 0 radical (unpaired) electrons. The summed E-state index contributed by atoms with van der Waals surface area (Å²) in [4.78, 5) is 165. The summed E-state index contributed by atoms with van der Waals surface area (Å²) in [7, 11) is 0. The summed E-state index contributed by atoms with van der Waals surface area (Å²) < 4.78 is 4.58. The molecule has 0 aromatic carbocycles. The number of ether oxygens (including phenoxy) is 1. The van der Waals surface area contributed by atoms with Gasteiger partial charge in [0, 0.05) is 124 Å². The van der Waals surface area contributed by atoms with Crippen molar-refractivity contribution in [3.8, 4) is 0 Å². The fourth-order valence-electron chi connectivity index (χ4n) is 10.5. The largest absolute Gasteiger partial charge is 0.481 e. The normalized spacial score (nSPS) is 14.8. The van der Waals surface area contributed by atoms with Crippen molar-refractivity contribution < 1.29 is 179 Å². The highest BCUT2D eigenvalue weighted by molar-refractivity contribution is 5.87. The Morgan fingerprint density at radius 2 is 0.655 bits per heavy atom. The molecule has 1 fully saturated rings. The van der Waals surface area contributed by atoms with E-state index in [1.807, 2.05) is 6.92 Å². The van der Waals surface area contributed by atoms with E-state index < -0.39 is 89.8 Å². The van der Waals surface area contributed by atoms with Crippen LogP contribution in [0, 0.1) is 35.5 Å². The molecular formula is C70H127N7O36. The molecule has 1 saturated carbocycles. The molecule has 113 heavy (non-hydrogen) atoms. The van der Waals surface area contributed by atoms with E-state index in [4.69, 9.17) is 107 Å². The van der Waals surface area contributed by atoms with Crippen LogP contribution in [0.3, 0.4) is 0 Å². The van der Waals surface area contributed by atoms with E-state index in [0.29, 0.717) is 32.1 Å². The number of allylic oxidation sites excluding steroid dienone is 2. The topological polar surface area (TPSA) is 696 Å². The van der Waals surface area contributed by atoms with Crippen LogP contribution in [0.1, 0.15) is 117 Å². The minimum atomic E-state index is -1.15. The van der Waals surface area contributed by atoms with Gasteiger partial charge in [-0.2, -0.15) is 0 Å². The maximum atomic E-state index is 12.2. The second-order valence-corrected chi connectivity index (χ2v) is 24.9. The van der Waals surface area contributed by atoms with E-state index in [1.54, 1.807) is 12.2 Å². The highest BCUT2D eigenvalue weighted by atomic mass is 16.5. The number of carbonyl (C=O) groups is 14. The van der Waals surface area contributed by atoms with Crippen LogP contribution in [0.5, 0.6) is 0 Å². The number of nitrogens with zero attached hydrogens (tertiary/aromatic N) is 7. The minimum absolute atomic E-state index is 0.0438. The minimum Gasteiger partial charge on any atom is -0.481 e. The third kappa shape index (κ3) is 57.4. The van der Waals surface area contributed by atoms with Crippen molar-refractivity contribution in [3.05, 3.63) is 12.2 Å². The number of aliphatic hydroxyl groups is 14. The van der Waals surface area contributed by atoms with E-state index in [1.165, 1.54) is 41.2 Å². The van der Waals surface area contributed by atoms with Crippen LogP contribution in [0.4, 0.5) is 0 Å². The lowest BCUT2D eigenvalue weighted by Gasteiger charge is -2.32. The summed E-state index contributed by atoms with van der Waals surface area (Å²) in [6.07, 6.45) is 9.07. The van der Waals surface area contributed by atoms with Gasteiger partial charge >= 0.3 is 41.8 Å². The van der Waals surface area contributed by atoms with Gasteiger partial charge in [-0.25, -0.2) is 4.79 Å². The van der Waals surface area contributed by atoms with Gasteiger partial charge < -0.3 is 146 Å². The van der Waals surface area contributed by atoms with Gasteiger partial charge in [-0.3, -0.25) is 62.3 Å². The monoisotopic (exact) mass is 1640 g/mol. The van der Waals surface area contributed by atoms with Crippen molar-refractivity contribution in [2.24, 2.45) is 35.5 Å². The quantitative estimate of drug-likeness (QED) is 0.0252. The van der Waals surface area contributed by atoms with Crippen LogP contribution in [-0.2, 0) is 71.9 Å². The number of aliphatic carboxylic acids is 7. The lowest BCUT2D eigenvalue weighted by atomic mass is 9.78. The summed E-state index contributed by atoms with van der Waals surface area (Å²) in [5.41, 5.74) is 0. The molecule has 0 bridgehead atoms. The summed E-state index contributed by atoms with van der Waals surface area (Å²) in [6.45, 7) is 1.55. The standard InChI is InChI=1S/C12H21NO5.C12H19NO5.C12H23NO5.2C9H17NO5.C8H15NO6.C8H15NO5/c2*14-7-5-13(6-8-15)11(16)9-3-1-2-4-10(9)12(17)18;1-2-3-4-10(12(17)18)9-11(16)13(5-7-14)6-8-15;1-7(9(14)15)6-8(13)10(2-4-11)3-5-12;11-6-4-10(5-7-12)8(13)2-1-3-9(14)15;10-3-1-9(2-4-11)7(12)5-15-6-8(13)14;10-5-3-9(4-6-11)7(12)1-2-8(13)14/h9-10,14-15H,1-8H2,(H,17,18);1-2,9-10,14-15H,3-8H2,(H,17,18);10,14-15H,2-9H2,1H3,(H,17,18);7,11-12H,2-6H2,1H3,(H,14,15);11-12H,1-7H2,(H,14,15);10-11H,1-6H2,(H,13,14);10-11H,1-6H2,(H,13,14). The van der Waals surface area contributed by atoms with Gasteiger partial charge in [-0.1, -0.05) is 51.7 Å². The molecule has 0 heterocycles. The molecule has 0 aromatic heterocycles. The Bertz CT molecular complexity index is 2600. The maximum absolute atomic E-state index is 12.2. The Kier molecular flexibility index (Phi) is 74.1. The summed E-state index contributed by atoms with van der Waals surface area (Å²) in [6, 6.07) is 0. The Balaban J connectivity index is -0.000000402. The first-order valence-corrected chi connectivity index (χ1v) is 36.9. The molecule has 6 atom stereocenters. The highest BCUT2D eigenvalue weighted by Gasteiger charge is 2.39. The van der Waals surface area contributed by atoms with Crippen molar-refractivity contribution >= 4 is 83.1 Å². The zero-order valence-electron chi connectivity index (χ0n) is 64.8. The van der Waals surface area contributed by atoms with Gasteiger partial charge in [0.1, 0.15) is 13.2 Å². The summed E-state index contributed by atoms with van der Waals surface area (Å²) in [5.74, 6) is -13.3. The first-order chi connectivity index (χ1) is 53.6. The summed E-state index contributed by atoms with van der Waals surface area (Å²) >= 11 is 0. The third-order valence-corrected chi connectivity index (χ3v) is 16.4. The van der Waals surface area contributed by atoms with Gasteiger partial charge in [-0.05, 0) is 38.5 Å². The Morgan fingerprint density at radius 1 is 0.336 bits per heavy atom. The first kappa shape index (κ1) is 113. The molecule has 21 N–H and O–H groups in total. The van der Waals surface area contributed by atoms with E-state index in [2.05, 4.69) is 4.74 Å². The zero-order valence-corrected chi connectivity index (χ0v) is 64.8. The smallest absolute Gasteiger partial charge is 0.329 e. The predicted octanol–water partition coefficient (Wildman–Crippen LogP) is -6.23. The molecule has 0 spiro atoms. The van der Waals surface area contributed by atoms with Crippen molar-refractivity contribution in [2.45, 2.75) is 117 Å². The molecule has 2 aliphatic rings. The number of hydrogen-bond donors (Lipinski definition) is 21. The van der Waals surface area contributed by atoms with Crippen LogP contribution in [0.15, 0.2) is 12.2 Å². The van der Waals surface area contributed by atoms with Gasteiger partial charge in [-0.15, -0.1) is 0 Å². The number of unbranched alkanes of at least 4 members (excludes halogenated alkanes) is 1. The lowest BCUT2D eigenvalue weighted by molar-refractivity contribution is -0.152. The molecule has 0 aromatic rings. The van der Waals surface area contributed by atoms with E-state index >= 15 is 0 Å². The first-order valence-electron chi connectivity index (χ1n) is 36.9. The number of hydrogen-bond acceptors (Lipinski definition) is 29. The average Bonchev–Trinajstić information content (AvgIpc) is 0.839. The summed E-state index contributed by atoms with van der Waals surface area (Å²) in [5, 5.41) is 183. The van der Waals surface area contributed by atoms with Crippen LogP contribution in [0.25, 0.3) is 0 Å². The van der Waals surface area contributed by atoms with E-state index in [9.17, 15) is 67.1 Å². The molecule has 2 aliphatic carbocycles. The predicted molar refractivity (Wildman–Crippen MR) is 395 cm³/mol. The number of carboxylic acids is 7. The molecule has 0 aliphatic heterocycles. The van der Waals surface area contributed by atoms with Crippen molar-refractivity contribution in [1.29, 1.82) is 0 Å². The maximum Gasteiger partial charge on any atom is 0.329 e. The third-order valence-electron chi connectivity index (χ3n) is 16.4. The van der Waals surface area contributed by atoms with Crippen molar-refractivity contribution in [3.63, 3.8) is 0 Å². The van der Waals surface area contributed by atoms with Crippen LogP contribution >= 0.6 is 0 Å².